The van der Waals surface area contributed by atoms with Crippen LogP contribution in [0.5, 0.6) is 0 Å². The van der Waals surface area contributed by atoms with E-state index in [1.165, 1.54) is 0 Å². The van der Waals surface area contributed by atoms with Gasteiger partial charge in [0.1, 0.15) is 0 Å². The number of hydrogen-bond donors (Lipinski definition) is 0. The molecular weight excluding hydrogens is 192 g/mol. The molecule has 0 aromatic rings. The zero-order valence-corrected chi connectivity index (χ0v) is 9.82. The highest BCUT2D eigenvalue weighted by Gasteiger charge is 2.12. The minimum Gasteiger partial charge on any atom is -0.465 e. The summed E-state index contributed by atoms with van der Waals surface area (Å²) in [6.07, 6.45) is 0.451. The second-order valence-corrected chi connectivity index (χ2v) is 3.84. The number of carbonyl (C=O) groups is 1. The van der Waals surface area contributed by atoms with Gasteiger partial charge in [0.05, 0.1) is 19.2 Å². The van der Waals surface area contributed by atoms with Gasteiger partial charge in [-0.05, 0) is 12.8 Å². The van der Waals surface area contributed by atoms with Crippen molar-refractivity contribution < 1.29 is 9.53 Å². The van der Waals surface area contributed by atoms with Gasteiger partial charge in [-0.15, -0.1) is 0 Å². The van der Waals surface area contributed by atoms with Crippen molar-refractivity contribution in [2.45, 2.75) is 27.2 Å². The third-order valence-electron chi connectivity index (χ3n) is 1.82. The highest BCUT2D eigenvalue weighted by atomic mass is 16.5. The maximum atomic E-state index is 11.3. The normalized spacial score (nSPS) is 10.4. The van der Waals surface area contributed by atoms with Crippen molar-refractivity contribution in [2.24, 2.45) is 5.92 Å². The predicted octanol–water partition coefficient (Wildman–Crippen LogP) is 1.42. The molecule has 0 unspecified atom stereocenters. The molecule has 0 saturated carbocycles. The summed E-state index contributed by atoms with van der Waals surface area (Å²) in [5.41, 5.74) is 0. The molecule has 86 valence electrons. The molecule has 0 radical (unpaired) electrons. The van der Waals surface area contributed by atoms with Gasteiger partial charge in [0.15, 0.2) is 0 Å². The zero-order chi connectivity index (χ0) is 11.7. The zero-order valence-electron chi connectivity index (χ0n) is 9.82. The third-order valence-corrected chi connectivity index (χ3v) is 1.82. The molecule has 4 nitrogen and oxygen atoms in total. The van der Waals surface area contributed by atoms with Crippen molar-refractivity contribution >= 4 is 5.97 Å². The topological polar surface area (TPSA) is 53.3 Å². The van der Waals surface area contributed by atoms with Crippen LogP contribution in [0.1, 0.15) is 27.2 Å². The quantitative estimate of drug-likeness (QED) is 0.599. The largest absolute Gasteiger partial charge is 0.465 e. The summed E-state index contributed by atoms with van der Waals surface area (Å²) in [4.78, 5) is 13.2. The Labute approximate surface area is 91.8 Å². The number of nitrogens with zero attached hydrogens (tertiary/aromatic N) is 2. The molecule has 0 aromatic carbocycles. The highest BCUT2D eigenvalue weighted by Crippen LogP contribution is 2.00. The van der Waals surface area contributed by atoms with Gasteiger partial charge >= 0.3 is 5.97 Å². The van der Waals surface area contributed by atoms with Crippen molar-refractivity contribution in [3.63, 3.8) is 0 Å². The van der Waals surface area contributed by atoms with Crippen LogP contribution in [0.4, 0.5) is 0 Å². The average molecular weight is 212 g/mol. The van der Waals surface area contributed by atoms with Crippen LogP contribution in [-0.2, 0) is 9.53 Å². The van der Waals surface area contributed by atoms with Gasteiger partial charge in [-0.25, -0.2) is 0 Å². The molecule has 4 heteroatoms. The van der Waals surface area contributed by atoms with Crippen molar-refractivity contribution in [2.75, 3.05) is 26.2 Å². The number of carbonyl (C=O) groups excluding carboxylic acids is 1. The van der Waals surface area contributed by atoms with Crippen LogP contribution >= 0.6 is 0 Å². The minimum absolute atomic E-state index is 0.212. The Bertz CT molecular complexity index is 221. The summed E-state index contributed by atoms with van der Waals surface area (Å²) < 4.78 is 4.87. The van der Waals surface area contributed by atoms with E-state index in [0.717, 1.165) is 6.54 Å². The second-order valence-electron chi connectivity index (χ2n) is 3.84. The first-order valence-electron chi connectivity index (χ1n) is 5.35. The van der Waals surface area contributed by atoms with E-state index in [-0.39, 0.29) is 12.5 Å². The molecule has 0 atom stereocenters. The first kappa shape index (κ1) is 13.9. The van der Waals surface area contributed by atoms with Gasteiger partial charge in [0.25, 0.3) is 0 Å². The number of hydrogen-bond acceptors (Lipinski definition) is 4. The molecule has 0 N–H and O–H groups in total. The molecule has 0 bridgehead atoms. The number of nitriles is 1. The van der Waals surface area contributed by atoms with E-state index >= 15 is 0 Å². The first-order valence-corrected chi connectivity index (χ1v) is 5.35. The maximum absolute atomic E-state index is 11.3. The van der Waals surface area contributed by atoms with Gasteiger partial charge in [-0.2, -0.15) is 5.26 Å². The Kier molecular flexibility index (Phi) is 7.65. The molecule has 0 heterocycles. The van der Waals surface area contributed by atoms with Gasteiger partial charge in [0, 0.05) is 19.5 Å². The Balaban J connectivity index is 4.00. The molecule has 0 aliphatic rings. The van der Waals surface area contributed by atoms with E-state index in [9.17, 15) is 4.79 Å². The molecule has 0 saturated heterocycles. The Morgan fingerprint density at radius 1 is 1.53 bits per heavy atom. The van der Waals surface area contributed by atoms with Crippen LogP contribution in [-0.4, -0.2) is 37.1 Å². The van der Waals surface area contributed by atoms with Crippen LogP contribution in [0.25, 0.3) is 0 Å². The van der Waals surface area contributed by atoms with E-state index in [1.807, 2.05) is 4.90 Å². The van der Waals surface area contributed by atoms with Gasteiger partial charge in [-0.1, -0.05) is 13.8 Å². The van der Waals surface area contributed by atoms with E-state index in [1.54, 1.807) is 6.92 Å². The highest BCUT2D eigenvalue weighted by molar-refractivity contribution is 5.71. The molecular formula is C11H20N2O2. The SMILES string of the molecule is CCOC(=O)CN(CCC#N)CC(C)C. The van der Waals surface area contributed by atoms with Crippen molar-refractivity contribution in [1.82, 2.24) is 4.90 Å². The lowest BCUT2D eigenvalue weighted by molar-refractivity contribution is -0.144. The Hall–Kier alpha value is -1.08. The fourth-order valence-electron chi connectivity index (χ4n) is 1.35. The number of ether oxygens (including phenoxy) is 1. The van der Waals surface area contributed by atoms with E-state index in [2.05, 4.69) is 19.9 Å². The second kappa shape index (κ2) is 8.25. The van der Waals surface area contributed by atoms with Crippen molar-refractivity contribution in [3.05, 3.63) is 0 Å². The van der Waals surface area contributed by atoms with E-state index < -0.39 is 0 Å². The summed E-state index contributed by atoms with van der Waals surface area (Å²) in [5.74, 6) is 0.272. The summed E-state index contributed by atoms with van der Waals surface area (Å²) in [6, 6.07) is 2.08. The van der Waals surface area contributed by atoms with Crippen molar-refractivity contribution in [1.29, 1.82) is 5.26 Å². The standard InChI is InChI=1S/C11H20N2O2/c1-4-15-11(14)9-13(7-5-6-12)8-10(2)3/h10H,4-5,7-9H2,1-3H3. The van der Waals surface area contributed by atoms with Crippen LogP contribution in [0.15, 0.2) is 0 Å². The smallest absolute Gasteiger partial charge is 0.320 e. The summed E-state index contributed by atoms with van der Waals surface area (Å²) in [6.45, 7) is 8.11. The van der Waals surface area contributed by atoms with E-state index in [0.29, 0.717) is 25.5 Å². The van der Waals surface area contributed by atoms with Crippen LogP contribution in [0.3, 0.4) is 0 Å². The van der Waals surface area contributed by atoms with Gasteiger partial charge in [0.2, 0.25) is 0 Å². The van der Waals surface area contributed by atoms with Crippen molar-refractivity contribution in [3.8, 4) is 6.07 Å². The molecule has 15 heavy (non-hydrogen) atoms. The maximum Gasteiger partial charge on any atom is 0.320 e. The lowest BCUT2D eigenvalue weighted by atomic mass is 10.2. The Morgan fingerprint density at radius 3 is 2.67 bits per heavy atom. The minimum atomic E-state index is -0.212. The fourth-order valence-corrected chi connectivity index (χ4v) is 1.35. The lowest BCUT2D eigenvalue weighted by Gasteiger charge is -2.21. The van der Waals surface area contributed by atoms with E-state index in [4.69, 9.17) is 10.00 Å². The van der Waals surface area contributed by atoms with Crippen LogP contribution in [0.2, 0.25) is 0 Å². The summed E-state index contributed by atoms with van der Waals surface area (Å²) >= 11 is 0. The Morgan fingerprint density at radius 2 is 2.20 bits per heavy atom. The number of esters is 1. The van der Waals surface area contributed by atoms with Gasteiger partial charge in [-0.3, -0.25) is 9.69 Å². The molecule has 0 fully saturated rings. The molecule has 0 spiro atoms. The molecule has 0 amide bonds. The number of rotatable bonds is 7. The molecule has 0 aliphatic carbocycles. The first-order chi connectivity index (χ1) is 7.10. The predicted molar refractivity (Wildman–Crippen MR) is 58.1 cm³/mol. The monoisotopic (exact) mass is 212 g/mol. The van der Waals surface area contributed by atoms with Crippen LogP contribution < -0.4 is 0 Å². The summed E-state index contributed by atoms with van der Waals surface area (Å²) in [7, 11) is 0. The summed E-state index contributed by atoms with van der Waals surface area (Å²) in [5, 5.41) is 8.49. The van der Waals surface area contributed by atoms with Gasteiger partial charge < -0.3 is 4.74 Å². The fraction of sp³-hybridized carbons (Fsp3) is 0.818. The lowest BCUT2D eigenvalue weighted by Crippen LogP contribution is -2.34. The van der Waals surface area contributed by atoms with Crippen LogP contribution in [0, 0.1) is 17.2 Å². The third kappa shape index (κ3) is 7.95. The average Bonchev–Trinajstić information content (AvgIpc) is 2.13. The molecule has 0 rings (SSSR count). The molecule has 0 aliphatic heterocycles. The molecule has 0 aromatic heterocycles.